The number of fused-ring (bicyclic) bond motifs is 1. The number of benzene rings is 1. The van der Waals surface area contributed by atoms with Gasteiger partial charge in [-0.15, -0.1) is 0 Å². The summed E-state index contributed by atoms with van der Waals surface area (Å²) in [5, 5.41) is 0.912. The van der Waals surface area contributed by atoms with Gasteiger partial charge in [-0.3, -0.25) is 9.59 Å². The van der Waals surface area contributed by atoms with Gasteiger partial charge in [-0.2, -0.15) is 0 Å². The number of nitrogens with one attached hydrogen (secondary N) is 1. The molecule has 19 heavy (non-hydrogen) atoms. The molecule has 3 rings (SSSR count). The van der Waals surface area contributed by atoms with E-state index in [0.29, 0.717) is 25.1 Å². The second kappa shape index (κ2) is 4.42. The van der Waals surface area contributed by atoms with Crippen LogP contribution < -0.4 is 5.73 Å². The molecule has 0 bridgehead atoms. The number of rotatable bonds is 2. The summed E-state index contributed by atoms with van der Waals surface area (Å²) in [6.45, 7) is 1.02. The predicted molar refractivity (Wildman–Crippen MR) is 71.5 cm³/mol. The third-order valence-electron chi connectivity index (χ3n) is 3.70. The number of amides is 2. The largest absolute Gasteiger partial charge is 0.369 e. The molecule has 1 aromatic carbocycles. The molecule has 1 aliphatic rings. The highest BCUT2D eigenvalue weighted by Crippen LogP contribution is 2.23. The van der Waals surface area contributed by atoms with E-state index in [2.05, 4.69) is 4.98 Å². The Bertz CT molecular complexity index is 647. The van der Waals surface area contributed by atoms with Crippen molar-refractivity contribution >= 4 is 22.7 Å². The molecule has 3 N–H and O–H groups in total. The Labute approximate surface area is 110 Å². The zero-order valence-electron chi connectivity index (χ0n) is 10.4. The van der Waals surface area contributed by atoms with Crippen molar-refractivity contribution in [3.63, 3.8) is 0 Å². The maximum Gasteiger partial charge on any atom is 0.254 e. The quantitative estimate of drug-likeness (QED) is 0.845. The van der Waals surface area contributed by atoms with E-state index in [-0.39, 0.29) is 17.7 Å². The van der Waals surface area contributed by atoms with Crippen molar-refractivity contribution in [2.24, 2.45) is 11.7 Å². The van der Waals surface area contributed by atoms with Gasteiger partial charge in [0.2, 0.25) is 5.91 Å². The van der Waals surface area contributed by atoms with Crippen LogP contribution >= 0.6 is 0 Å². The minimum atomic E-state index is -0.324. The van der Waals surface area contributed by atoms with Crippen LogP contribution in [-0.2, 0) is 4.79 Å². The summed E-state index contributed by atoms with van der Waals surface area (Å²) < 4.78 is 0. The van der Waals surface area contributed by atoms with E-state index in [4.69, 9.17) is 5.73 Å². The second-order valence-electron chi connectivity index (χ2n) is 4.88. The van der Waals surface area contributed by atoms with Gasteiger partial charge in [0, 0.05) is 35.8 Å². The normalized spacial score (nSPS) is 18.9. The summed E-state index contributed by atoms with van der Waals surface area (Å²) in [6, 6.07) is 7.50. The molecule has 0 radical (unpaired) electrons. The van der Waals surface area contributed by atoms with Crippen molar-refractivity contribution < 1.29 is 9.59 Å². The molecule has 2 aromatic rings. The summed E-state index contributed by atoms with van der Waals surface area (Å²) in [6.07, 6.45) is 2.47. The highest BCUT2D eigenvalue weighted by molar-refractivity contribution is 6.06. The van der Waals surface area contributed by atoms with E-state index in [1.165, 1.54) is 0 Å². The fourth-order valence-electron chi connectivity index (χ4n) is 2.62. The van der Waals surface area contributed by atoms with Crippen molar-refractivity contribution in [3.8, 4) is 0 Å². The van der Waals surface area contributed by atoms with Crippen molar-refractivity contribution in [2.75, 3.05) is 13.1 Å². The van der Waals surface area contributed by atoms with Crippen molar-refractivity contribution in [3.05, 3.63) is 36.0 Å². The third kappa shape index (κ3) is 1.97. The first kappa shape index (κ1) is 11.8. The zero-order valence-corrected chi connectivity index (χ0v) is 10.4. The molecule has 98 valence electrons. The molecule has 5 heteroatoms. The fourth-order valence-corrected chi connectivity index (χ4v) is 2.62. The van der Waals surface area contributed by atoms with Crippen LogP contribution in [0.2, 0.25) is 0 Å². The van der Waals surface area contributed by atoms with Gasteiger partial charge >= 0.3 is 0 Å². The van der Waals surface area contributed by atoms with Gasteiger partial charge in [0.15, 0.2) is 0 Å². The lowest BCUT2D eigenvalue weighted by Gasteiger charge is -2.16. The van der Waals surface area contributed by atoms with Gasteiger partial charge in [0.05, 0.1) is 5.92 Å². The molecule has 2 amide bonds. The summed E-state index contributed by atoms with van der Waals surface area (Å²) in [7, 11) is 0. The van der Waals surface area contributed by atoms with Gasteiger partial charge < -0.3 is 15.6 Å². The molecule has 0 saturated carbocycles. The van der Waals surface area contributed by atoms with Crippen LogP contribution in [0.1, 0.15) is 16.8 Å². The molecule has 0 aliphatic carbocycles. The average Bonchev–Trinajstić information content (AvgIpc) is 3.06. The summed E-state index contributed by atoms with van der Waals surface area (Å²) in [5.74, 6) is -0.571. The number of nitrogens with zero attached hydrogens (tertiary/aromatic N) is 1. The fraction of sp³-hybridized carbons (Fsp3) is 0.286. The molecule has 1 aromatic heterocycles. The lowest BCUT2D eigenvalue weighted by Crippen LogP contribution is -2.31. The highest BCUT2D eigenvalue weighted by Gasteiger charge is 2.30. The smallest absolute Gasteiger partial charge is 0.254 e. The standard InChI is InChI=1S/C14H15N3O2/c15-13(18)9-5-7-17(8-9)14(19)11-2-1-3-12-10(11)4-6-16-12/h1-4,6,9,16H,5,7-8H2,(H2,15,18). The molecule has 2 heterocycles. The molecule has 1 aliphatic heterocycles. The number of hydrogen-bond acceptors (Lipinski definition) is 2. The van der Waals surface area contributed by atoms with Gasteiger partial charge in [0.25, 0.3) is 5.91 Å². The van der Waals surface area contributed by atoms with Crippen LogP contribution in [0.5, 0.6) is 0 Å². The first-order valence-corrected chi connectivity index (χ1v) is 6.31. The van der Waals surface area contributed by atoms with E-state index in [1.807, 2.05) is 30.5 Å². The van der Waals surface area contributed by atoms with E-state index in [9.17, 15) is 9.59 Å². The molecular weight excluding hydrogens is 242 g/mol. The second-order valence-corrected chi connectivity index (χ2v) is 4.88. The number of likely N-dealkylation sites (tertiary alicyclic amines) is 1. The van der Waals surface area contributed by atoms with Crippen LogP contribution in [0.25, 0.3) is 10.9 Å². The zero-order chi connectivity index (χ0) is 13.4. The van der Waals surface area contributed by atoms with E-state index < -0.39 is 0 Å². The van der Waals surface area contributed by atoms with E-state index in [0.717, 1.165) is 10.9 Å². The van der Waals surface area contributed by atoms with Crippen molar-refractivity contribution in [1.82, 2.24) is 9.88 Å². The number of hydrogen-bond donors (Lipinski definition) is 2. The molecular formula is C14H15N3O2. The summed E-state index contributed by atoms with van der Waals surface area (Å²) >= 11 is 0. The summed E-state index contributed by atoms with van der Waals surface area (Å²) in [4.78, 5) is 28.4. The maximum absolute atomic E-state index is 12.5. The van der Waals surface area contributed by atoms with Gasteiger partial charge in [-0.25, -0.2) is 0 Å². The lowest BCUT2D eigenvalue weighted by molar-refractivity contribution is -0.121. The number of H-pyrrole nitrogens is 1. The maximum atomic E-state index is 12.5. The van der Waals surface area contributed by atoms with Crippen molar-refractivity contribution in [2.45, 2.75) is 6.42 Å². The number of primary amides is 1. The Balaban J connectivity index is 1.89. The Kier molecular flexibility index (Phi) is 2.74. The van der Waals surface area contributed by atoms with E-state index >= 15 is 0 Å². The first-order chi connectivity index (χ1) is 9.16. The van der Waals surface area contributed by atoms with Crippen LogP contribution in [0.15, 0.2) is 30.5 Å². The van der Waals surface area contributed by atoms with Gasteiger partial charge in [-0.1, -0.05) is 6.07 Å². The molecule has 1 atom stereocenters. The SMILES string of the molecule is NC(=O)C1CCN(C(=O)c2cccc3[nH]ccc23)C1. The highest BCUT2D eigenvalue weighted by atomic mass is 16.2. The van der Waals surface area contributed by atoms with Crippen LogP contribution in [-0.4, -0.2) is 34.8 Å². The Hall–Kier alpha value is -2.30. The molecule has 0 spiro atoms. The number of carbonyl (C=O) groups is 2. The van der Waals surface area contributed by atoms with Gasteiger partial charge in [0.1, 0.15) is 0 Å². The van der Waals surface area contributed by atoms with Crippen molar-refractivity contribution in [1.29, 1.82) is 0 Å². The Morgan fingerprint density at radius 1 is 1.32 bits per heavy atom. The molecule has 1 fully saturated rings. The molecule has 1 saturated heterocycles. The van der Waals surface area contributed by atoms with Crippen LogP contribution in [0.3, 0.4) is 0 Å². The number of aromatic nitrogens is 1. The van der Waals surface area contributed by atoms with Crippen LogP contribution in [0, 0.1) is 5.92 Å². The predicted octanol–water partition coefficient (Wildman–Crippen LogP) is 1.12. The molecule has 1 unspecified atom stereocenters. The third-order valence-corrected chi connectivity index (χ3v) is 3.70. The monoisotopic (exact) mass is 257 g/mol. The number of aromatic amines is 1. The Morgan fingerprint density at radius 3 is 2.89 bits per heavy atom. The van der Waals surface area contributed by atoms with E-state index in [1.54, 1.807) is 4.90 Å². The lowest BCUT2D eigenvalue weighted by atomic mass is 10.1. The summed E-state index contributed by atoms with van der Waals surface area (Å²) in [5.41, 5.74) is 6.90. The van der Waals surface area contributed by atoms with Gasteiger partial charge in [-0.05, 0) is 24.6 Å². The number of carbonyl (C=O) groups excluding carboxylic acids is 2. The minimum Gasteiger partial charge on any atom is -0.369 e. The number of nitrogens with two attached hydrogens (primary N) is 1. The minimum absolute atomic E-state index is 0.0334. The Morgan fingerprint density at radius 2 is 2.16 bits per heavy atom. The molecule has 5 nitrogen and oxygen atoms in total. The average molecular weight is 257 g/mol. The topological polar surface area (TPSA) is 79.2 Å². The first-order valence-electron chi connectivity index (χ1n) is 6.31. The van der Waals surface area contributed by atoms with Crippen LogP contribution in [0.4, 0.5) is 0 Å².